The Morgan fingerprint density at radius 2 is 1.29 bits per heavy atom. The molecule has 2 heterocycles. The summed E-state index contributed by atoms with van der Waals surface area (Å²) in [6.07, 6.45) is 11.9. The second-order valence-corrected chi connectivity index (χ2v) is 9.81. The summed E-state index contributed by atoms with van der Waals surface area (Å²) in [6.45, 7) is 3.16. The van der Waals surface area contributed by atoms with Crippen LogP contribution >= 0.6 is 0 Å². The van der Waals surface area contributed by atoms with Crippen LogP contribution in [0.25, 0.3) is 0 Å². The molecule has 1 fully saturated rings. The fourth-order valence-corrected chi connectivity index (χ4v) is 4.46. The van der Waals surface area contributed by atoms with Crippen LogP contribution in [-0.4, -0.2) is 71.2 Å². The number of nitrogens with zero attached hydrogens (tertiary/aromatic N) is 2. The minimum Gasteiger partial charge on any atom is -0.466 e. The summed E-state index contributed by atoms with van der Waals surface area (Å²) in [6, 6.07) is 0. The average Bonchev–Trinajstić information content (AvgIpc) is 3.39. The standard InChI is InChI=1S/C28H42N2O8/c1-2-22(38-28(36)14-8-4-10-20-30-25(33)17-18-26(30)34)12-6-5-11-21-37-27(35)13-7-3-9-19-29-23(31)15-16-24(29)32/h15-16,22H,2-14,17-21H2,1H3. The normalized spacial score (nSPS) is 16.0. The SMILES string of the molecule is CCC(CCCCCOC(=O)CCCCCN1C(=O)C=CC1=O)OC(=O)CCCCCN1C(=O)CCC1=O. The van der Waals surface area contributed by atoms with Crippen molar-refractivity contribution < 1.29 is 38.2 Å². The maximum Gasteiger partial charge on any atom is 0.306 e. The second kappa shape index (κ2) is 17.5. The third kappa shape index (κ3) is 11.6. The van der Waals surface area contributed by atoms with Gasteiger partial charge in [-0.05, 0) is 57.8 Å². The second-order valence-electron chi connectivity index (χ2n) is 9.81. The maximum absolute atomic E-state index is 12.1. The van der Waals surface area contributed by atoms with Crippen LogP contribution in [0.4, 0.5) is 0 Å². The fraction of sp³-hybridized carbons (Fsp3) is 0.714. The number of hydrogen-bond donors (Lipinski definition) is 0. The van der Waals surface area contributed by atoms with Gasteiger partial charge in [0.15, 0.2) is 0 Å². The van der Waals surface area contributed by atoms with Crippen LogP contribution in [0.15, 0.2) is 12.2 Å². The van der Waals surface area contributed by atoms with E-state index in [-0.39, 0.29) is 41.7 Å². The first-order chi connectivity index (χ1) is 18.3. The smallest absolute Gasteiger partial charge is 0.306 e. The number of amides is 4. The molecule has 0 aromatic rings. The number of imide groups is 2. The summed E-state index contributed by atoms with van der Waals surface area (Å²) >= 11 is 0. The molecule has 38 heavy (non-hydrogen) atoms. The Hall–Kier alpha value is -3.04. The number of unbranched alkanes of at least 4 members (excludes halogenated alkanes) is 6. The first kappa shape index (κ1) is 31.2. The zero-order valence-corrected chi connectivity index (χ0v) is 22.6. The molecule has 10 nitrogen and oxygen atoms in total. The van der Waals surface area contributed by atoms with Crippen molar-refractivity contribution in [1.29, 1.82) is 0 Å². The number of rotatable bonds is 20. The molecule has 2 aliphatic rings. The van der Waals surface area contributed by atoms with E-state index in [0.29, 0.717) is 71.1 Å². The largest absolute Gasteiger partial charge is 0.466 e. The van der Waals surface area contributed by atoms with Crippen LogP contribution in [0.1, 0.15) is 103 Å². The average molecular weight is 535 g/mol. The Morgan fingerprint density at radius 3 is 1.89 bits per heavy atom. The van der Waals surface area contributed by atoms with Crippen molar-refractivity contribution in [3.05, 3.63) is 12.2 Å². The number of ether oxygens (including phenoxy) is 2. The van der Waals surface area contributed by atoms with Crippen molar-refractivity contribution in [3.8, 4) is 0 Å². The van der Waals surface area contributed by atoms with Gasteiger partial charge in [0.25, 0.3) is 11.8 Å². The van der Waals surface area contributed by atoms with E-state index in [1.165, 1.54) is 22.0 Å². The molecule has 1 atom stereocenters. The van der Waals surface area contributed by atoms with Gasteiger partial charge in [-0.1, -0.05) is 19.8 Å². The van der Waals surface area contributed by atoms with Crippen molar-refractivity contribution in [1.82, 2.24) is 9.80 Å². The lowest BCUT2D eigenvalue weighted by atomic mass is 10.1. The summed E-state index contributed by atoms with van der Waals surface area (Å²) in [7, 11) is 0. The minimum absolute atomic E-state index is 0.101. The topological polar surface area (TPSA) is 127 Å². The molecular weight excluding hydrogens is 492 g/mol. The van der Waals surface area contributed by atoms with E-state index in [0.717, 1.165) is 44.9 Å². The van der Waals surface area contributed by atoms with Gasteiger partial charge in [-0.2, -0.15) is 0 Å². The molecule has 0 aliphatic carbocycles. The molecule has 0 radical (unpaired) electrons. The van der Waals surface area contributed by atoms with E-state index in [1.54, 1.807) is 0 Å². The molecule has 212 valence electrons. The molecule has 2 aliphatic heterocycles. The number of carbonyl (C=O) groups excluding carboxylic acids is 6. The molecule has 0 N–H and O–H groups in total. The van der Waals surface area contributed by atoms with Crippen LogP contribution in [0.2, 0.25) is 0 Å². The van der Waals surface area contributed by atoms with Gasteiger partial charge in [0.2, 0.25) is 11.8 Å². The van der Waals surface area contributed by atoms with Crippen molar-refractivity contribution in [2.45, 2.75) is 109 Å². The van der Waals surface area contributed by atoms with E-state index in [1.807, 2.05) is 6.92 Å². The van der Waals surface area contributed by atoms with Gasteiger partial charge in [-0.25, -0.2) is 0 Å². The van der Waals surface area contributed by atoms with Crippen LogP contribution in [0.3, 0.4) is 0 Å². The van der Waals surface area contributed by atoms with Gasteiger partial charge >= 0.3 is 11.9 Å². The van der Waals surface area contributed by atoms with Gasteiger partial charge < -0.3 is 9.47 Å². The van der Waals surface area contributed by atoms with E-state index in [2.05, 4.69) is 0 Å². The van der Waals surface area contributed by atoms with Gasteiger partial charge in [0.05, 0.1) is 6.61 Å². The lowest BCUT2D eigenvalue weighted by Crippen LogP contribution is -2.30. The predicted octanol–water partition coefficient (Wildman–Crippen LogP) is 3.61. The summed E-state index contributed by atoms with van der Waals surface area (Å²) in [4.78, 5) is 72.6. The van der Waals surface area contributed by atoms with E-state index in [9.17, 15) is 28.8 Å². The van der Waals surface area contributed by atoms with Crippen LogP contribution < -0.4 is 0 Å². The highest BCUT2D eigenvalue weighted by atomic mass is 16.5. The number of carbonyl (C=O) groups is 6. The molecule has 0 aromatic carbocycles. The number of hydrogen-bond acceptors (Lipinski definition) is 8. The molecule has 0 spiro atoms. The van der Waals surface area contributed by atoms with Crippen molar-refractivity contribution in [2.75, 3.05) is 19.7 Å². The quantitative estimate of drug-likeness (QED) is 0.132. The summed E-state index contributed by atoms with van der Waals surface area (Å²) in [5.74, 6) is -1.21. The molecule has 0 bridgehead atoms. The van der Waals surface area contributed by atoms with Crippen molar-refractivity contribution >= 4 is 35.6 Å². The first-order valence-electron chi connectivity index (χ1n) is 14.0. The van der Waals surface area contributed by atoms with E-state index < -0.39 is 0 Å². The first-order valence-corrected chi connectivity index (χ1v) is 14.0. The molecule has 2 rings (SSSR count). The summed E-state index contributed by atoms with van der Waals surface area (Å²) in [5, 5.41) is 0. The molecule has 1 unspecified atom stereocenters. The van der Waals surface area contributed by atoms with Crippen LogP contribution in [-0.2, 0) is 38.2 Å². The minimum atomic E-state index is -0.280. The monoisotopic (exact) mass is 534 g/mol. The molecule has 10 heteroatoms. The number of likely N-dealkylation sites (tertiary alicyclic amines) is 1. The highest BCUT2D eigenvalue weighted by Crippen LogP contribution is 2.15. The number of esters is 2. The Bertz CT molecular complexity index is 835. The lowest BCUT2D eigenvalue weighted by molar-refractivity contribution is -0.150. The Morgan fingerprint density at radius 1 is 0.737 bits per heavy atom. The predicted molar refractivity (Wildman–Crippen MR) is 138 cm³/mol. The van der Waals surface area contributed by atoms with Gasteiger partial charge in [0, 0.05) is 50.9 Å². The molecule has 0 aromatic heterocycles. The van der Waals surface area contributed by atoms with Gasteiger partial charge in [-0.3, -0.25) is 38.6 Å². The van der Waals surface area contributed by atoms with Crippen molar-refractivity contribution in [2.24, 2.45) is 0 Å². The van der Waals surface area contributed by atoms with Crippen LogP contribution in [0.5, 0.6) is 0 Å². The van der Waals surface area contributed by atoms with Gasteiger partial charge in [-0.15, -0.1) is 0 Å². The third-order valence-electron chi connectivity index (χ3n) is 6.77. The summed E-state index contributed by atoms with van der Waals surface area (Å²) < 4.78 is 10.8. The van der Waals surface area contributed by atoms with Crippen LogP contribution in [0, 0.1) is 0 Å². The van der Waals surface area contributed by atoms with E-state index >= 15 is 0 Å². The highest BCUT2D eigenvalue weighted by Gasteiger charge is 2.28. The van der Waals surface area contributed by atoms with E-state index in [4.69, 9.17) is 9.47 Å². The Kier molecular flexibility index (Phi) is 14.3. The van der Waals surface area contributed by atoms with Crippen molar-refractivity contribution in [3.63, 3.8) is 0 Å². The Balaban J connectivity index is 1.40. The zero-order chi connectivity index (χ0) is 27.8. The third-order valence-corrected chi connectivity index (χ3v) is 6.77. The molecular formula is C28H42N2O8. The molecule has 1 saturated heterocycles. The highest BCUT2D eigenvalue weighted by molar-refractivity contribution is 6.12. The molecule has 0 saturated carbocycles. The molecule has 4 amide bonds. The Labute approximate surface area is 225 Å². The fourth-order valence-electron chi connectivity index (χ4n) is 4.46. The maximum atomic E-state index is 12.1. The zero-order valence-electron chi connectivity index (χ0n) is 22.6. The lowest BCUT2D eigenvalue weighted by Gasteiger charge is -2.16. The summed E-state index contributed by atoms with van der Waals surface area (Å²) in [5.41, 5.74) is 0. The van der Waals surface area contributed by atoms with Gasteiger partial charge in [0.1, 0.15) is 6.10 Å².